The molecule has 0 spiro atoms. The lowest BCUT2D eigenvalue weighted by Crippen LogP contribution is -2.31. The topological polar surface area (TPSA) is 45.2 Å². The SMILES string of the molecule is CN(Cc1ccccn1)C(=O)Nc1cccc(C2SCCS2)c1. The molecule has 0 radical (unpaired) electrons. The highest BCUT2D eigenvalue weighted by Crippen LogP contribution is 2.45. The number of rotatable bonds is 4. The van der Waals surface area contributed by atoms with Crippen LogP contribution in [0.2, 0.25) is 0 Å². The maximum absolute atomic E-state index is 12.3. The predicted octanol–water partition coefficient (Wildman–Crippen LogP) is 4.22. The van der Waals surface area contributed by atoms with Crippen molar-refractivity contribution in [1.82, 2.24) is 9.88 Å². The predicted molar refractivity (Wildman–Crippen MR) is 98.8 cm³/mol. The monoisotopic (exact) mass is 345 g/mol. The van der Waals surface area contributed by atoms with E-state index in [-0.39, 0.29) is 6.03 Å². The summed E-state index contributed by atoms with van der Waals surface area (Å²) in [6.45, 7) is 0.487. The Morgan fingerprint density at radius 3 is 2.83 bits per heavy atom. The molecule has 1 N–H and O–H groups in total. The van der Waals surface area contributed by atoms with E-state index in [4.69, 9.17) is 0 Å². The number of nitrogens with zero attached hydrogens (tertiary/aromatic N) is 2. The standard InChI is InChI=1S/C17H19N3OS2/c1-20(12-15-6-2-3-8-18-15)17(21)19-14-7-4-5-13(11-14)16-22-9-10-23-16/h2-8,11,16H,9-10,12H2,1H3,(H,19,21). The first-order chi connectivity index (χ1) is 11.2. The third-order valence-electron chi connectivity index (χ3n) is 3.50. The number of urea groups is 1. The molecule has 0 saturated carbocycles. The number of carbonyl (C=O) groups is 1. The summed E-state index contributed by atoms with van der Waals surface area (Å²) in [5, 5.41) is 2.97. The largest absolute Gasteiger partial charge is 0.322 e. The van der Waals surface area contributed by atoms with Gasteiger partial charge in [0.25, 0.3) is 0 Å². The van der Waals surface area contributed by atoms with Gasteiger partial charge in [-0.05, 0) is 29.8 Å². The summed E-state index contributed by atoms with van der Waals surface area (Å²) in [5.41, 5.74) is 2.98. The molecule has 4 nitrogen and oxygen atoms in total. The second kappa shape index (κ2) is 7.75. The molecule has 120 valence electrons. The van der Waals surface area contributed by atoms with E-state index in [1.54, 1.807) is 18.1 Å². The number of thioether (sulfide) groups is 2. The van der Waals surface area contributed by atoms with Crippen LogP contribution in [0.5, 0.6) is 0 Å². The van der Waals surface area contributed by atoms with Gasteiger partial charge in [0.2, 0.25) is 0 Å². The molecular weight excluding hydrogens is 326 g/mol. The Balaban J connectivity index is 1.62. The zero-order valence-corrected chi connectivity index (χ0v) is 14.6. The fourth-order valence-corrected chi connectivity index (χ4v) is 5.18. The van der Waals surface area contributed by atoms with Crippen molar-refractivity contribution >= 4 is 35.2 Å². The molecule has 0 aliphatic carbocycles. The molecule has 2 aromatic rings. The van der Waals surface area contributed by atoms with E-state index in [9.17, 15) is 4.79 Å². The van der Waals surface area contributed by atoms with Crippen molar-refractivity contribution in [3.8, 4) is 0 Å². The van der Waals surface area contributed by atoms with Gasteiger partial charge < -0.3 is 10.2 Å². The van der Waals surface area contributed by atoms with Gasteiger partial charge in [-0.2, -0.15) is 0 Å². The molecule has 0 bridgehead atoms. The summed E-state index contributed by atoms with van der Waals surface area (Å²) in [4.78, 5) is 18.2. The molecule has 0 atom stereocenters. The second-order valence-corrected chi connectivity index (χ2v) is 8.03. The minimum atomic E-state index is -0.125. The van der Waals surface area contributed by atoms with Crippen molar-refractivity contribution < 1.29 is 4.79 Å². The molecule has 1 fully saturated rings. The van der Waals surface area contributed by atoms with E-state index < -0.39 is 0 Å². The minimum Gasteiger partial charge on any atom is -0.322 e. The van der Waals surface area contributed by atoms with Gasteiger partial charge in [-0.3, -0.25) is 4.98 Å². The third-order valence-corrected chi connectivity index (χ3v) is 6.61. The van der Waals surface area contributed by atoms with Gasteiger partial charge in [-0.1, -0.05) is 18.2 Å². The van der Waals surface area contributed by atoms with Gasteiger partial charge in [0.05, 0.1) is 16.8 Å². The fraction of sp³-hybridized carbons (Fsp3) is 0.294. The Kier molecular flexibility index (Phi) is 5.46. The average Bonchev–Trinajstić information content (AvgIpc) is 3.10. The summed E-state index contributed by atoms with van der Waals surface area (Å²) in [6.07, 6.45) is 1.74. The van der Waals surface area contributed by atoms with E-state index in [0.717, 1.165) is 11.4 Å². The first kappa shape index (κ1) is 16.2. The van der Waals surface area contributed by atoms with Crippen molar-refractivity contribution in [3.05, 3.63) is 59.9 Å². The lowest BCUT2D eigenvalue weighted by atomic mass is 10.2. The van der Waals surface area contributed by atoms with Crippen LogP contribution in [0.25, 0.3) is 0 Å². The molecule has 0 unspecified atom stereocenters. The number of pyridine rings is 1. The molecule has 3 rings (SSSR count). The van der Waals surface area contributed by atoms with Crippen molar-refractivity contribution in [2.24, 2.45) is 0 Å². The van der Waals surface area contributed by atoms with Crippen LogP contribution in [-0.2, 0) is 6.54 Å². The highest BCUT2D eigenvalue weighted by Gasteiger charge is 2.18. The zero-order valence-electron chi connectivity index (χ0n) is 12.9. The van der Waals surface area contributed by atoms with Crippen molar-refractivity contribution in [2.45, 2.75) is 11.1 Å². The number of nitrogens with one attached hydrogen (secondary N) is 1. The number of aromatic nitrogens is 1. The molecule has 6 heteroatoms. The smallest absolute Gasteiger partial charge is 0.321 e. The quantitative estimate of drug-likeness (QED) is 0.901. The fourth-order valence-electron chi connectivity index (χ4n) is 2.34. The molecule has 1 saturated heterocycles. The van der Waals surface area contributed by atoms with Gasteiger partial charge >= 0.3 is 6.03 Å². The van der Waals surface area contributed by atoms with Gasteiger partial charge in [0, 0.05) is 30.4 Å². The highest BCUT2D eigenvalue weighted by molar-refractivity contribution is 8.19. The molecule has 23 heavy (non-hydrogen) atoms. The molecule has 1 aliphatic heterocycles. The van der Waals surface area contributed by atoms with Crippen LogP contribution >= 0.6 is 23.5 Å². The molecule has 1 aliphatic rings. The summed E-state index contributed by atoms with van der Waals surface area (Å²) in [5.74, 6) is 2.39. The Morgan fingerprint density at radius 2 is 2.09 bits per heavy atom. The van der Waals surface area contributed by atoms with Crippen LogP contribution in [-0.4, -0.2) is 34.5 Å². The summed E-state index contributed by atoms with van der Waals surface area (Å²) < 4.78 is 0.484. The number of benzene rings is 1. The van der Waals surface area contributed by atoms with Crippen molar-refractivity contribution in [3.63, 3.8) is 0 Å². The zero-order chi connectivity index (χ0) is 16.1. The Hall–Kier alpha value is -1.66. The first-order valence-electron chi connectivity index (χ1n) is 7.47. The Labute approximate surface area is 145 Å². The molecule has 2 heterocycles. The van der Waals surface area contributed by atoms with Gasteiger partial charge in [0.15, 0.2) is 0 Å². The van der Waals surface area contributed by atoms with E-state index in [2.05, 4.69) is 22.4 Å². The van der Waals surface area contributed by atoms with E-state index in [1.165, 1.54) is 17.1 Å². The molecule has 2 amide bonds. The summed E-state index contributed by atoms with van der Waals surface area (Å²) in [7, 11) is 1.77. The van der Waals surface area contributed by atoms with Crippen molar-refractivity contribution in [2.75, 3.05) is 23.9 Å². The maximum Gasteiger partial charge on any atom is 0.321 e. The first-order valence-corrected chi connectivity index (χ1v) is 9.57. The lowest BCUT2D eigenvalue weighted by Gasteiger charge is -2.18. The Morgan fingerprint density at radius 1 is 1.26 bits per heavy atom. The number of anilines is 1. The van der Waals surface area contributed by atoms with Crippen LogP contribution in [0.15, 0.2) is 48.7 Å². The van der Waals surface area contributed by atoms with Crippen LogP contribution < -0.4 is 5.32 Å². The van der Waals surface area contributed by atoms with Gasteiger partial charge in [0.1, 0.15) is 0 Å². The number of hydrogen-bond donors (Lipinski definition) is 1. The Bertz CT molecular complexity index is 660. The lowest BCUT2D eigenvalue weighted by molar-refractivity contribution is 0.220. The van der Waals surface area contributed by atoms with Crippen LogP contribution in [0.3, 0.4) is 0 Å². The molecule has 1 aromatic heterocycles. The van der Waals surface area contributed by atoms with E-state index in [0.29, 0.717) is 11.1 Å². The van der Waals surface area contributed by atoms with Gasteiger partial charge in [-0.15, -0.1) is 23.5 Å². The minimum absolute atomic E-state index is 0.125. The summed E-state index contributed by atoms with van der Waals surface area (Å²) >= 11 is 3.93. The normalized spacial score (nSPS) is 14.7. The third kappa shape index (κ3) is 4.42. The van der Waals surface area contributed by atoms with E-state index in [1.807, 2.05) is 53.9 Å². The van der Waals surface area contributed by atoms with Crippen LogP contribution in [0.1, 0.15) is 15.8 Å². The highest BCUT2D eigenvalue weighted by atomic mass is 32.2. The summed E-state index contributed by atoms with van der Waals surface area (Å²) in [6, 6.07) is 13.7. The maximum atomic E-state index is 12.3. The second-order valence-electron chi connectivity index (χ2n) is 5.31. The number of amides is 2. The number of carbonyl (C=O) groups excluding carboxylic acids is 1. The van der Waals surface area contributed by atoms with Crippen molar-refractivity contribution in [1.29, 1.82) is 0 Å². The van der Waals surface area contributed by atoms with Gasteiger partial charge in [-0.25, -0.2) is 4.79 Å². The van der Waals surface area contributed by atoms with E-state index >= 15 is 0 Å². The number of hydrogen-bond acceptors (Lipinski definition) is 4. The average molecular weight is 345 g/mol. The van der Waals surface area contributed by atoms with Crippen LogP contribution in [0.4, 0.5) is 10.5 Å². The molecular formula is C17H19N3OS2. The molecule has 1 aromatic carbocycles. The van der Waals surface area contributed by atoms with Crippen LogP contribution in [0, 0.1) is 0 Å².